The number of carbonyl (C=O) groups excluding carboxylic acids is 2. The standard InChI is InChI=1S/C26H30Cl2N2O6/c1-6-35-19-9-8-15(14-20(19)36-7-2)22-21(24(32)26(33)30(22)11-10-29(3)4)23(31)16-12-17(27)25(34-5)18(28)13-16/h8-9,12-14,22,31H,6-7,10-11H2,1-5H3/b23-21+. The second-order valence-corrected chi connectivity index (χ2v) is 9.16. The number of aliphatic hydroxyl groups is 1. The van der Waals surface area contributed by atoms with Gasteiger partial charge in [0.15, 0.2) is 17.2 Å². The summed E-state index contributed by atoms with van der Waals surface area (Å²) in [6.07, 6.45) is 0. The van der Waals surface area contributed by atoms with Crippen LogP contribution in [-0.4, -0.2) is 74.1 Å². The number of ether oxygens (including phenoxy) is 3. The number of carbonyl (C=O) groups is 2. The summed E-state index contributed by atoms with van der Waals surface area (Å²) in [7, 11) is 5.17. The van der Waals surface area contributed by atoms with Crippen molar-refractivity contribution in [2.45, 2.75) is 19.9 Å². The third-order valence-electron chi connectivity index (χ3n) is 5.69. The number of benzene rings is 2. The van der Waals surface area contributed by atoms with Crippen molar-refractivity contribution < 1.29 is 28.9 Å². The van der Waals surface area contributed by atoms with Crippen LogP contribution in [0.15, 0.2) is 35.9 Å². The number of nitrogens with zero attached hydrogens (tertiary/aromatic N) is 2. The van der Waals surface area contributed by atoms with E-state index in [9.17, 15) is 14.7 Å². The topological polar surface area (TPSA) is 88.5 Å². The number of Topliss-reactive ketones (excluding diaryl/α,β-unsaturated/α-hetero) is 1. The minimum absolute atomic E-state index is 0.0670. The van der Waals surface area contributed by atoms with E-state index in [2.05, 4.69) is 0 Å². The van der Waals surface area contributed by atoms with Gasteiger partial charge in [-0.15, -0.1) is 0 Å². The van der Waals surface area contributed by atoms with Crippen molar-refractivity contribution in [3.63, 3.8) is 0 Å². The number of halogens is 2. The Labute approximate surface area is 220 Å². The Hall–Kier alpha value is -2.94. The number of methoxy groups -OCH3 is 1. The molecule has 0 aromatic heterocycles. The number of aliphatic hydroxyl groups excluding tert-OH is 1. The van der Waals surface area contributed by atoms with Crippen LogP contribution < -0.4 is 14.2 Å². The van der Waals surface area contributed by atoms with E-state index >= 15 is 0 Å². The molecule has 0 saturated carbocycles. The third-order valence-corrected chi connectivity index (χ3v) is 6.25. The summed E-state index contributed by atoms with van der Waals surface area (Å²) in [5.74, 6) is -0.630. The Morgan fingerprint density at radius 2 is 1.64 bits per heavy atom. The monoisotopic (exact) mass is 536 g/mol. The summed E-state index contributed by atoms with van der Waals surface area (Å²) in [5, 5.41) is 11.6. The molecule has 194 valence electrons. The van der Waals surface area contributed by atoms with Gasteiger partial charge in [-0.05, 0) is 57.8 Å². The maximum absolute atomic E-state index is 13.3. The number of hydrogen-bond acceptors (Lipinski definition) is 7. The molecule has 0 spiro atoms. The molecule has 0 aliphatic carbocycles. The first kappa shape index (κ1) is 27.6. The number of rotatable bonds is 10. The van der Waals surface area contributed by atoms with Crippen molar-refractivity contribution in [1.29, 1.82) is 0 Å². The molecule has 36 heavy (non-hydrogen) atoms. The van der Waals surface area contributed by atoms with E-state index in [4.69, 9.17) is 37.4 Å². The predicted molar refractivity (Wildman–Crippen MR) is 139 cm³/mol. The van der Waals surface area contributed by atoms with Crippen LogP contribution in [0, 0.1) is 0 Å². The van der Waals surface area contributed by atoms with Gasteiger partial charge in [-0.25, -0.2) is 0 Å². The Kier molecular flexibility index (Phi) is 9.11. The lowest BCUT2D eigenvalue weighted by Crippen LogP contribution is -2.35. The molecule has 0 bridgehead atoms. The van der Waals surface area contributed by atoms with E-state index in [1.165, 1.54) is 24.1 Å². The van der Waals surface area contributed by atoms with Gasteiger partial charge in [0.2, 0.25) is 0 Å². The molecule has 1 atom stereocenters. The minimum atomic E-state index is -0.862. The summed E-state index contributed by atoms with van der Waals surface area (Å²) in [5.41, 5.74) is 0.715. The normalized spacial score (nSPS) is 17.1. The summed E-state index contributed by atoms with van der Waals surface area (Å²) >= 11 is 12.6. The highest BCUT2D eigenvalue weighted by atomic mass is 35.5. The molecule has 3 rings (SSSR count). The largest absolute Gasteiger partial charge is 0.507 e. The molecule has 1 aliphatic rings. The quantitative estimate of drug-likeness (QED) is 0.265. The molecule has 2 aromatic rings. The van der Waals surface area contributed by atoms with Crippen LogP contribution >= 0.6 is 23.2 Å². The van der Waals surface area contributed by atoms with Crippen LogP contribution in [0.1, 0.15) is 31.0 Å². The molecular formula is C26H30Cl2N2O6. The average Bonchev–Trinajstić information content (AvgIpc) is 3.08. The van der Waals surface area contributed by atoms with Gasteiger partial charge in [0.05, 0.1) is 42.0 Å². The molecular weight excluding hydrogens is 507 g/mol. The van der Waals surface area contributed by atoms with Gasteiger partial charge in [-0.3, -0.25) is 9.59 Å². The lowest BCUT2D eigenvalue weighted by molar-refractivity contribution is -0.140. The van der Waals surface area contributed by atoms with Crippen molar-refractivity contribution in [3.05, 3.63) is 57.1 Å². The Bertz CT molecular complexity index is 1160. The zero-order valence-corrected chi connectivity index (χ0v) is 22.4. The van der Waals surface area contributed by atoms with Gasteiger partial charge in [0.1, 0.15) is 5.76 Å². The zero-order valence-electron chi connectivity index (χ0n) is 20.9. The van der Waals surface area contributed by atoms with Crippen molar-refractivity contribution in [2.24, 2.45) is 0 Å². The molecule has 1 amide bonds. The molecule has 2 aromatic carbocycles. The van der Waals surface area contributed by atoms with E-state index in [0.29, 0.717) is 36.8 Å². The highest BCUT2D eigenvalue weighted by Crippen LogP contribution is 2.43. The first-order valence-corrected chi connectivity index (χ1v) is 12.3. The molecule has 1 fully saturated rings. The van der Waals surface area contributed by atoms with Crippen molar-refractivity contribution in [1.82, 2.24) is 9.80 Å². The summed E-state index contributed by atoms with van der Waals surface area (Å²) in [4.78, 5) is 29.8. The number of amides is 1. The van der Waals surface area contributed by atoms with Crippen LogP contribution in [0.3, 0.4) is 0 Å². The lowest BCUT2D eigenvalue weighted by Gasteiger charge is -2.27. The molecule has 10 heteroatoms. The van der Waals surface area contributed by atoms with Crippen LogP contribution in [0.25, 0.3) is 5.76 Å². The van der Waals surface area contributed by atoms with Gasteiger partial charge < -0.3 is 29.1 Å². The fraction of sp³-hybridized carbons (Fsp3) is 0.385. The number of ketones is 1. The Morgan fingerprint density at radius 3 is 2.19 bits per heavy atom. The predicted octanol–water partition coefficient (Wildman–Crippen LogP) is 4.78. The summed E-state index contributed by atoms with van der Waals surface area (Å²) < 4.78 is 16.6. The maximum Gasteiger partial charge on any atom is 0.295 e. The lowest BCUT2D eigenvalue weighted by atomic mass is 9.95. The first-order valence-electron chi connectivity index (χ1n) is 11.5. The minimum Gasteiger partial charge on any atom is -0.507 e. The number of hydrogen-bond donors (Lipinski definition) is 1. The van der Waals surface area contributed by atoms with Crippen LogP contribution in [0.5, 0.6) is 17.2 Å². The smallest absolute Gasteiger partial charge is 0.295 e. The SMILES string of the molecule is CCOc1ccc(C2/C(=C(\O)c3cc(Cl)c(OC)c(Cl)c3)C(=O)C(=O)N2CCN(C)C)cc1OCC. The molecule has 0 radical (unpaired) electrons. The molecule has 1 unspecified atom stereocenters. The van der Waals surface area contributed by atoms with E-state index in [0.717, 1.165) is 0 Å². The molecule has 1 N–H and O–H groups in total. The zero-order chi connectivity index (χ0) is 26.6. The average molecular weight is 537 g/mol. The van der Waals surface area contributed by atoms with Gasteiger partial charge in [-0.1, -0.05) is 29.3 Å². The Balaban J connectivity index is 2.22. The fourth-order valence-electron chi connectivity index (χ4n) is 4.05. The maximum atomic E-state index is 13.3. The highest BCUT2D eigenvalue weighted by Gasteiger charge is 2.46. The van der Waals surface area contributed by atoms with Crippen LogP contribution in [-0.2, 0) is 9.59 Å². The molecule has 1 aliphatic heterocycles. The van der Waals surface area contributed by atoms with Crippen molar-refractivity contribution >= 4 is 40.7 Å². The van der Waals surface area contributed by atoms with E-state index in [-0.39, 0.29) is 39.2 Å². The van der Waals surface area contributed by atoms with Gasteiger partial charge in [0.25, 0.3) is 11.7 Å². The third kappa shape index (κ3) is 5.56. The van der Waals surface area contributed by atoms with Crippen molar-refractivity contribution in [2.75, 3.05) is 47.5 Å². The molecule has 1 saturated heterocycles. The summed E-state index contributed by atoms with van der Waals surface area (Å²) in [6, 6.07) is 7.24. The van der Waals surface area contributed by atoms with Crippen LogP contribution in [0.2, 0.25) is 10.0 Å². The van der Waals surface area contributed by atoms with Gasteiger partial charge >= 0.3 is 0 Å². The number of likely N-dealkylation sites (N-methyl/N-ethyl adjacent to an activating group) is 1. The number of likely N-dealkylation sites (tertiary alicyclic amines) is 1. The van der Waals surface area contributed by atoms with Gasteiger partial charge in [-0.2, -0.15) is 0 Å². The Morgan fingerprint density at radius 1 is 1.03 bits per heavy atom. The first-order chi connectivity index (χ1) is 17.1. The van der Waals surface area contributed by atoms with Crippen LogP contribution in [0.4, 0.5) is 0 Å². The van der Waals surface area contributed by atoms with E-state index in [1.54, 1.807) is 18.2 Å². The highest BCUT2D eigenvalue weighted by molar-refractivity contribution is 6.46. The second kappa shape index (κ2) is 11.9. The van der Waals surface area contributed by atoms with Gasteiger partial charge in [0, 0.05) is 18.7 Å². The molecule has 1 heterocycles. The summed E-state index contributed by atoms with van der Waals surface area (Å²) in [6.45, 7) is 5.33. The van der Waals surface area contributed by atoms with E-state index < -0.39 is 17.7 Å². The second-order valence-electron chi connectivity index (χ2n) is 8.34. The van der Waals surface area contributed by atoms with E-state index in [1.807, 2.05) is 32.8 Å². The molecule has 8 nitrogen and oxygen atoms in total. The van der Waals surface area contributed by atoms with Crippen molar-refractivity contribution in [3.8, 4) is 17.2 Å². The fourth-order valence-corrected chi connectivity index (χ4v) is 4.69.